The topological polar surface area (TPSA) is 72.6 Å². The SMILES string of the molecule is CCCCN1C(=O)C(=Cc2c(C)c(C#N)c(=O)n(CCC)c2N2CCN(c3ccccc3F)CC2)SC1=S. The number of hydrogen-bond acceptors (Lipinski definition) is 7. The molecule has 1 aromatic heterocycles. The summed E-state index contributed by atoms with van der Waals surface area (Å²) in [5, 5.41) is 9.86. The average molecular weight is 554 g/mol. The van der Waals surface area contributed by atoms with Crippen molar-refractivity contribution in [1.82, 2.24) is 9.47 Å². The minimum atomic E-state index is -0.328. The van der Waals surface area contributed by atoms with Gasteiger partial charge in [-0.25, -0.2) is 4.39 Å². The maximum Gasteiger partial charge on any atom is 0.270 e. The Bertz CT molecular complexity index is 1370. The smallest absolute Gasteiger partial charge is 0.270 e. The van der Waals surface area contributed by atoms with Gasteiger partial charge in [0, 0.05) is 44.8 Å². The molecular formula is C28H32FN5O2S2. The normalized spacial score (nSPS) is 17.0. The maximum absolute atomic E-state index is 14.4. The number of benzene rings is 1. The molecule has 10 heteroatoms. The molecule has 0 spiro atoms. The van der Waals surface area contributed by atoms with Gasteiger partial charge >= 0.3 is 0 Å². The first-order chi connectivity index (χ1) is 18.3. The number of pyridine rings is 1. The Labute approximate surface area is 232 Å². The monoisotopic (exact) mass is 553 g/mol. The molecule has 1 aromatic carbocycles. The van der Waals surface area contributed by atoms with Crippen LogP contribution in [0.5, 0.6) is 0 Å². The molecule has 1 amide bonds. The summed E-state index contributed by atoms with van der Waals surface area (Å²) in [7, 11) is 0. The van der Waals surface area contributed by atoms with Crippen LogP contribution in [-0.2, 0) is 11.3 Å². The highest BCUT2D eigenvalue weighted by atomic mass is 32.2. The molecule has 3 heterocycles. The molecule has 2 aliphatic heterocycles. The molecule has 2 aromatic rings. The van der Waals surface area contributed by atoms with Crippen LogP contribution in [0.2, 0.25) is 0 Å². The van der Waals surface area contributed by atoms with Gasteiger partial charge in [-0.3, -0.25) is 19.1 Å². The lowest BCUT2D eigenvalue weighted by atomic mass is 10.0. The van der Waals surface area contributed by atoms with Crippen molar-refractivity contribution < 1.29 is 9.18 Å². The number of thioether (sulfide) groups is 1. The number of thiocarbonyl (C=S) groups is 1. The summed E-state index contributed by atoms with van der Waals surface area (Å²) in [5.41, 5.74) is 1.55. The zero-order chi connectivity index (χ0) is 27.4. The van der Waals surface area contributed by atoms with Crippen molar-refractivity contribution in [2.45, 2.75) is 46.6 Å². The quantitative estimate of drug-likeness (QED) is 0.340. The summed E-state index contributed by atoms with van der Waals surface area (Å²) >= 11 is 6.75. The number of para-hydroxylation sites is 1. The van der Waals surface area contributed by atoms with Gasteiger partial charge < -0.3 is 9.80 Å². The van der Waals surface area contributed by atoms with Crippen molar-refractivity contribution in [2.24, 2.45) is 0 Å². The zero-order valence-corrected chi connectivity index (χ0v) is 23.6. The molecule has 4 rings (SSSR count). The molecule has 0 bridgehead atoms. The number of nitriles is 1. The van der Waals surface area contributed by atoms with Crippen LogP contribution >= 0.6 is 24.0 Å². The third-order valence-corrected chi connectivity index (χ3v) is 8.33. The van der Waals surface area contributed by atoms with Crippen LogP contribution in [0.15, 0.2) is 34.0 Å². The van der Waals surface area contributed by atoms with Gasteiger partial charge in [0.2, 0.25) is 0 Å². The summed E-state index contributed by atoms with van der Waals surface area (Å²) in [5.74, 6) is 0.291. The standard InChI is InChI=1S/C28H32FN5O2S2/c1-4-6-12-34-27(36)24(38-28(34)37)17-20-19(3)21(18-30)26(35)33(11-5-2)25(20)32-15-13-31(14-16-32)23-10-8-7-9-22(23)29/h7-10,17H,4-6,11-16H2,1-3H3. The van der Waals surface area contributed by atoms with Gasteiger partial charge in [-0.2, -0.15) is 5.26 Å². The minimum absolute atomic E-state index is 0.0832. The van der Waals surface area contributed by atoms with E-state index in [0.29, 0.717) is 77.5 Å². The molecule has 0 radical (unpaired) electrons. The lowest BCUT2D eigenvalue weighted by molar-refractivity contribution is -0.122. The molecule has 0 atom stereocenters. The van der Waals surface area contributed by atoms with E-state index in [1.165, 1.54) is 17.8 Å². The fourth-order valence-electron chi connectivity index (χ4n) is 4.92. The summed E-state index contributed by atoms with van der Waals surface area (Å²) in [6, 6.07) is 8.82. The number of carbonyl (C=O) groups excluding carboxylic acids is 1. The van der Waals surface area contributed by atoms with Crippen LogP contribution in [0.4, 0.5) is 15.9 Å². The van der Waals surface area contributed by atoms with Gasteiger partial charge in [0.15, 0.2) is 0 Å². The number of aromatic nitrogens is 1. The summed E-state index contributed by atoms with van der Waals surface area (Å²) in [6.45, 7) is 9.07. The van der Waals surface area contributed by atoms with E-state index in [-0.39, 0.29) is 22.8 Å². The molecule has 2 saturated heterocycles. The summed E-state index contributed by atoms with van der Waals surface area (Å²) < 4.78 is 16.6. The Morgan fingerprint density at radius 3 is 2.39 bits per heavy atom. The van der Waals surface area contributed by atoms with E-state index in [9.17, 15) is 19.2 Å². The van der Waals surface area contributed by atoms with Gasteiger partial charge in [-0.05, 0) is 43.5 Å². The highest BCUT2D eigenvalue weighted by Gasteiger charge is 2.33. The number of piperazine rings is 1. The van der Waals surface area contributed by atoms with Crippen molar-refractivity contribution in [3.63, 3.8) is 0 Å². The van der Waals surface area contributed by atoms with E-state index < -0.39 is 0 Å². The number of rotatable bonds is 8. The predicted molar refractivity (Wildman–Crippen MR) is 156 cm³/mol. The number of anilines is 2. The fraction of sp³-hybridized carbons (Fsp3) is 0.429. The molecule has 0 saturated carbocycles. The number of carbonyl (C=O) groups is 1. The van der Waals surface area contributed by atoms with Crippen LogP contribution in [0.3, 0.4) is 0 Å². The second-order valence-electron chi connectivity index (χ2n) is 9.42. The van der Waals surface area contributed by atoms with Crippen LogP contribution < -0.4 is 15.4 Å². The first-order valence-electron chi connectivity index (χ1n) is 13.0. The molecule has 2 fully saturated rings. The Morgan fingerprint density at radius 2 is 1.76 bits per heavy atom. The van der Waals surface area contributed by atoms with Crippen LogP contribution in [0, 0.1) is 24.1 Å². The van der Waals surface area contributed by atoms with E-state index in [1.807, 2.05) is 17.9 Å². The van der Waals surface area contributed by atoms with Crippen LogP contribution in [-0.4, -0.2) is 52.4 Å². The highest BCUT2D eigenvalue weighted by Crippen LogP contribution is 2.36. The Kier molecular flexibility index (Phi) is 8.90. The molecular weight excluding hydrogens is 521 g/mol. The van der Waals surface area contributed by atoms with E-state index >= 15 is 0 Å². The number of amides is 1. The van der Waals surface area contributed by atoms with Gasteiger partial charge in [0.05, 0.1) is 10.6 Å². The molecule has 2 aliphatic rings. The molecule has 0 unspecified atom stereocenters. The third-order valence-electron chi connectivity index (χ3n) is 6.95. The fourth-order valence-corrected chi connectivity index (χ4v) is 6.21. The number of halogens is 1. The van der Waals surface area contributed by atoms with Gasteiger partial charge in [-0.1, -0.05) is 56.4 Å². The molecule has 0 aliphatic carbocycles. The van der Waals surface area contributed by atoms with E-state index in [4.69, 9.17) is 12.2 Å². The Morgan fingerprint density at radius 1 is 1.08 bits per heavy atom. The largest absolute Gasteiger partial charge is 0.366 e. The molecule has 38 heavy (non-hydrogen) atoms. The van der Waals surface area contributed by atoms with Crippen molar-refractivity contribution in [1.29, 1.82) is 5.26 Å². The number of unbranched alkanes of at least 4 members (excludes halogenated alkanes) is 1. The van der Waals surface area contributed by atoms with Crippen molar-refractivity contribution in [2.75, 3.05) is 42.5 Å². The molecule has 200 valence electrons. The van der Waals surface area contributed by atoms with Crippen LogP contribution in [0.1, 0.15) is 49.8 Å². The number of nitrogens with zero attached hydrogens (tertiary/aromatic N) is 5. The van der Waals surface area contributed by atoms with Crippen molar-refractivity contribution in [3.8, 4) is 6.07 Å². The van der Waals surface area contributed by atoms with Crippen LogP contribution in [0.25, 0.3) is 6.08 Å². The van der Waals surface area contributed by atoms with E-state index in [2.05, 4.69) is 17.9 Å². The predicted octanol–water partition coefficient (Wildman–Crippen LogP) is 4.91. The van der Waals surface area contributed by atoms with Gasteiger partial charge in [-0.15, -0.1) is 0 Å². The summed E-state index contributed by atoms with van der Waals surface area (Å²) in [6.07, 6.45) is 4.31. The second-order valence-corrected chi connectivity index (χ2v) is 11.1. The zero-order valence-electron chi connectivity index (χ0n) is 22.0. The average Bonchev–Trinajstić information content (AvgIpc) is 3.18. The number of hydrogen-bond donors (Lipinski definition) is 0. The first-order valence-corrected chi connectivity index (χ1v) is 14.2. The minimum Gasteiger partial charge on any atom is -0.366 e. The molecule has 0 N–H and O–H groups in total. The van der Waals surface area contributed by atoms with Crippen molar-refractivity contribution in [3.05, 3.63) is 62.0 Å². The lowest BCUT2D eigenvalue weighted by Gasteiger charge is -2.39. The van der Waals surface area contributed by atoms with Crippen molar-refractivity contribution >= 4 is 51.8 Å². The Balaban J connectivity index is 1.78. The van der Waals surface area contributed by atoms with Gasteiger partial charge in [0.25, 0.3) is 11.5 Å². The maximum atomic E-state index is 14.4. The third kappa shape index (κ3) is 5.36. The lowest BCUT2D eigenvalue weighted by Crippen LogP contribution is -2.49. The Hall–Kier alpha value is -3.16. The first kappa shape index (κ1) is 27.9. The van der Waals surface area contributed by atoms with E-state index in [0.717, 1.165) is 12.8 Å². The second kappa shape index (κ2) is 12.1. The highest BCUT2D eigenvalue weighted by molar-refractivity contribution is 8.26. The summed E-state index contributed by atoms with van der Waals surface area (Å²) in [4.78, 5) is 32.9. The molecule has 7 nitrogen and oxygen atoms in total. The van der Waals surface area contributed by atoms with Gasteiger partial charge in [0.1, 0.15) is 27.6 Å². The van der Waals surface area contributed by atoms with E-state index in [1.54, 1.807) is 34.6 Å².